The van der Waals surface area contributed by atoms with Gasteiger partial charge in [0.1, 0.15) is 5.15 Å². The zero-order valence-electron chi connectivity index (χ0n) is 11.4. The molecule has 1 N–H and O–H groups in total. The van der Waals surface area contributed by atoms with Gasteiger partial charge in [0.05, 0.1) is 24.1 Å². The lowest BCUT2D eigenvalue weighted by Crippen LogP contribution is -2.18. The molecule has 1 rings (SSSR count). The molecule has 1 amide bonds. The minimum Gasteiger partial charge on any atom is -0.449 e. The summed E-state index contributed by atoms with van der Waals surface area (Å²) >= 11 is 6.21. The van der Waals surface area contributed by atoms with Crippen LogP contribution in [0.4, 0.5) is 4.79 Å². The molecule has 6 nitrogen and oxygen atoms in total. The number of carbonyl (C=O) groups is 1. The number of hydrazone groups is 1. The van der Waals surface area contributed by atoms with E-state index in [1.54, 1.807) is 11.6 Å². The van der Waals surface area contributed by atoms with Crippen LogP contribution in [0.1, 0.15) is 37.9 Å². The van der Waals surface area contributed by atoms with E-state index in [0.717, 1.165) is 25.1 Å². The van der Waals surface area contributed by atoms with Crippen molar-refractivity contribution in [3.63, 3.8) is 0 Å². The monoisotopic (exact) mass is 286 g/mol. The summed E-state index contributed by atoms with van der Waals surface area (Å²) < 4.78 is 6.42. The summed E-state index contributed by atoms with van der Waals surface area (Å²) in [6, 6.07) is 0. The third kappa shape index (κ3) is 4.55. The molecule has 7 heteroatoms. The molecule has 0 saturated carbocycles. The predicted octanol–water partition coefficient (Wildman–Crippen LogP) is 2.73. The van der Waals surface area contributed by atoms with Crippen LogP contribution in [0.15, 0.2) is 5.10 Å². The van der Waals surface area contributed by atoms with Crippen molar-refractivity contribution in [3.05, 3.63) is 16.4 Å². The Bertz CT molecular complexity index is 457. The van der Waals surface area contributed by atoms with Crippen molar-refractivity contribution in [2.75, 3.05) is 6.61 Å². The normalized spacial score (nSPS) is 10.9. The summed E-state index contributed by atoms with van der Waals surface area (Å²) in [5.41, 5.74) is 3.73. The van der Waals surface area contributed by atoms with Gasteiger partial charge in [0.15, 0.2) is 0 Å². The number of aromatic nitrogens is 2. The lowest BCUT2D eigenvalue weighted by atomic mass is 10.3. The number of hydrogen-bond donors (Lipinski definition) is 1. The fourth-order valence-corrected chi connectivity index (χ4v) is 1.79. The second kappa shape index (κ2) is 7.78. The van der Waals surface area contributed by atoms with Crippen molar-refractivity contribution < 1.29 is 9.53 Å². The zero-order chi connectivity index (χ0) is 14.3. The molecular weight excluding hydrogens is 268 g/mol. The minimum atomic E-state index is -0.592. The number of amides is 1. The third-order valence-electron chi connectivity index (χ3n) is 2.46. The molecular formula is C12H19ClN4O2. The Hall–Kier alpha value is -1.56. The van der Waals surface area contributed by atoms with Crippen molar-refractivity contribution in [3.8, 4) is 0 Å². The summed E-state index contributed by atoms with van der Waals surface area (Å²) in [5, 5.41) is 8.65. The van der Waals surface area contributed by atoms with E-state index < -0.39 is 6.09 Å². The number of nitrogens with zero attached hydrogens (tertiary/aromatic N) is 3. The van der Waals surface area contributed by atoms with Gasteiger partial charge in [-0.2, -0.15) is 10.2 Å². The SMILES string of the molecule is CCCCn1nc(C)c(/C=N\NC(=O)OCC)c1Cl. The molecule has 0 aliphatic heterocycles. The molecule has 0 saturated heterocycles. The molecule has 19 heavy (non-hydrogen) atoms. The maximum Gasteiger partial charge on any atom is 0.427 e. The van der Waals surface area contributed by atoms with Gasteiger partial charge in [-0.05, 0) is 20.3 Å². The largest absolute Gasteiger partial charge is 0.449 e. The van der Waals surface area contributed by atoms with E-state index in [4.69, 9.17) is 11.6 Å². The summed E-state index contributed by atoms with van der Waals surface area (Å²) in [5.74, 6) is 0. The van der Waals surface area contributed by atoms with Crippen LogP contribution in [0.3, 0.4) is 0 Å². The van der Waals surface area contributed by atoms with Crippen LogP contribution in [-0.4, -0.2) is 28.7 Å². The summed E-state index contributed by atoms with van der Waals surface area (Å²) in [6.07, 6.45) is 2.97. The van der Waals surface area contributed by atoms with E-state index in [-0.39, 0.29) is 0 Å². The Morgan fingerprint density at radius 3 is 2.95 bits per heavy atom. The average Bonchev–Trinajstić information content (AvgIpc) is 2.64. The summed E-state index contributed by atoms with van der Waals surface area (Å²) in [4.78, 5) is 11.0. The van der Waals surface area contributed by atoms with Crippen LogP contribution in [0, 0.1) is 6.92 Å². The van der Waals surface area contributed by atoms with Gasteiger partial charge in [0.25, 0.3) is 0 Å². The first kappa shape index (κ1) is 15.5. The Morgan fingerprint density at radius 2 is 2.32 bits per heavy atom. The Balaban J connectivity index is 2.70. The Kier molecular flexibility index (Phi) is 6.35. The highest BCUT2D eigenvalue weighted by atomic mass is 35.5. The number of hydrogen-bond acceptors (Lipinski definition) is 4. The van der Waals surface area contributed by atoms with Gasteiger partial charge in [0, 0.05) is 6.54 Å². The fourth-order valence-electron chi connectivity index (χ4n) is 1.48. The first-order valence-corrected chi connectivity index (χ1v) is 6.66. The topological polar surface area (TPSA) is 68.5 Å². The van der Waals surface area contributed by atoms with Crippen molar-refractivity contribution in [2.24, 2.45) is 5.10 Å². The molecule has 0 aromatic carbocycles. The zero-order valence-corrected chi connectivity index (χ0v) is 12.2. The standard InChI is InChI=1S/C12H19ClN4O2/c1-4-6-7-17-11(13)10(9(3)16-17)8-14-15-12(18)19-5-2/h8H,4-7H2,1-3H3,(H,15,18)/b14-8-. The van der Waals surface area contributed by atoms with Gasteiger partial charge in [-0.1, -0.05) is 24.9 Å². The van der Waals surface area contributed by atoms with Crippen molar-refractivity contribution in [1.82, 2.24) is 15.2 Å². The fraction of sp³-hybridized carbons (Fsp3) is 0.583. The smallest absolute Gasteiger partial charge is 0.427 e. The molecule has 0 aliphatic rings. The average molecular weight is 287 g/mol. The van der Waals surface area contributed by atoms with E-state index >= 15 is 0 Å². The van der Waals surface area contributed by atoms with Crippen molar-refractivity contribution in [2.45, 2.75) is 40.2 Å². The molecule has 1 heterocycles. The van der Waals surface area contributed by atoms with Gasteiger partial charge in [-0.3, -0.25) is 4.68 Å². The number of unbranched alkanes of at least 4 members (excludes halogenated alkanes) is 1. The van der Waals surface area contributed by atoms with Crippen LogP contribution >= 0.6 is 11.6 Å². The molecule has 1 aromatic heterocycles. The maximum atomic E-state index is 11.0. The summed E-state index contributed by atoms with van der Waals surface area (Å²) in [6.45, 7) is 6.75. The lowest BCUT2D eigenvalue weighted by Gasteiger charge is -2.00. The van der Waals surface area contributed by atoms with Crippen LogP contribution in [0.25, 0.3) is 0 Å². The van der Waals surface area contributed by atoms with Crippen LogP contribution < -0.4 is 5.43 Å². The number of ether oxygens (including phenoxy) is 1. The van der Waals surface area contributed by atoms with E-state index in [9.17, 15) is 4.79 Å². The second-order valence-corrected chi connectivity index (χ2v) is 4.32. The van der Waals surface area contributed by atoms with E-state index in [1.807, 2.05) is 6.92 Å². The highest BCUT2D eigenvalue weighted by Crippen LogP contribution is 2.18. The van der Waals surface area contributed by atoms with E-state index in [2.05, 4.69) is 27.3 Å². The van der Waals surface area contributed by atoms with E-state index in [1.165, 1.54) is 6.21 Å². The number of rotatable bonds is 6. The second-order valence-electron chi connectivity index (χ2n) is 3.96. The quantitative estimate of drug-likeness (QED) is 0.646. The van der Waals surface area contributed by atoms with Gasteiger partial charge in [0.2, 0.25) is 0 Å². The molecule has 0 bridgehead atoms. The Labute approximate surface area is 117 Å². The van der Waals surface area contributed by atoms with Gasteiger partial charge < -0.3 is 4.74 Å². The molecule has 0 radical (unpaired) electrons. The maximum absolute atomic E-state index is 11.0. The van der Waals surface area contributed by atoms with Gasteiger partial charge in [-0.25, -0.2) is 10.2 Å². The van der Waals surface area contributed by atoms with Gasteiger partial charge in [-0.15, -0.1) is 0 Å². The predicted molar refractivity (Wildman–Crippen MR) is 74.6 cm³/mol. The lowest BCUT2D eigenvalue weighted by molar-refractivity contribution is 0.152. The highest BCUT2D eigenvalue weighted by Gasteiger charge is 2.11. The molecule has 0 unspecified atom stereocenters. The Morgan fingerprint density at radius 1 is 1.58 bits per heavy atom. The van der Waals surface area contributed by atoms with Gasteiger partial charge >= 0.3 is 6.09 Å². The van der Waals surface area contributed by atoms with Crippen LogP contribution in [0.5, 0.6) is 0 Å². The first-order chi connectivity index (χ1) is 9.10. The number of carbonyl (C=O) groups excluding carboxylic acids is 1. The minimum absolute atomic E-state index is 0.302. The van der Waals surface area contributed by atoms with Crippen molar-refractivity contribution in [1.29, 1.82) is 0 Å². The number of halogens is 1. The molecule has 106 valence electrons. The van der Waals surface area contributed by atoms with Crippen LogP contribution in [0.2, 0.25) is 5.15 Å². The van der Waals surface area contributed by atoms with Crippen LogP contribution in [-0.2, 0) is 11.3 Å². The summed E-state index contributed by atoms with van der Waals surface area (Å²) in [7, 11) is 0. The highest BCUT2D eigenvalue weighted by molar-refractivity contribution is 6.32. The molecule has 0 fully saturated rings. The molecule has 0 spiro atoms. The molecule has 0 aliphatic carbocycles. The number of aryl methyl sites for hydroxylation is 2. The third-order valence-corrected chi connectivity index (χ3v) is 2.86. The molecule has 0 atom stereocenters. The van der Waals surface area contributed by atoms with Crippen molar-refractivity contribution >= 4 is 23.9 Å². The molecule has 1 aromatic rings. The number of nitrogens with one attached hydrogen (secondary N) is 1. The van der Waals surface area contributed by atoms with E-state index in [0.29, 0.717) is 17.3 Å². The first-order valence-electron chi connectivity index (χ1n) is 6.28.